The number of aromatic nitrogens is 2. The Morgan fingerprint density at radius 2 is 1.85 bits per heavy atom. The average molecular weight is 378 g/mol. The highest BCUT2D eigenvalue weighted by Gasteiger charge is 2.14. The second kappa shape index (κ2) is 7.43. The van der Waals surface area contributed by atoms with Gasteiger partial charge in [0, 0.05) is 28.1 Å². The van der Waals surface area contributed by atoms with Crippen LogP contribution in [0.1, 0.15) is 11.3 Å². The number of benzene rings is 2. The summed E-state index contributed by atoms with van der Waals surface area (Å²) in [5.74, 6) is 0.504. The summed E-state index contributed by atoms with van der Waals surface area (Å²) in [6.07, 6.45) is 0.624. The van der Waals surface area contributed by atoms with E-state index in [1.165, 1.54) is 0 Å². The van der Waals surface area contributed by atoms with Crippen molar-refractivity contribution >= 4 is 28.3 Å². The molecule has 0 unspecified atom stereocenters. The molecule has 5 heteroatoms. The molecule has 4 nitrogen and oxygen atoms in total. The summed E-state index contributed by atoms with van der Waals surface area (Å²) in [5, 5.41) is 11.1. The van der Waals surface area contributed by atoms with Gasteiger partial charge in [-0.15, -0.1) is 0 Å². The maximum absolute atomic E-state index is 9.30. The fraction of sp³-hybridized carbons (Fsp3) is 0.136. The van der Waals surface area contributed by atoms with Crippen molar-refractivity contribution in [3.8, 4) is 11.3 Å². The third-order valence-electron chi connectivity index (χ3n) is 4.67. The van der Waals surface area contributed by atoms with E-state index in [0.717, 1.165) is 33.4 Å². The van der Waals surface area contributed by atoms with Crippen LogP contribution in [0, 0.1) is 0 Å². The standard InChI is InChI=1S/C22H20ClN3O/c23-19-6-2-1-5-18(19)21-13-16-9-8-15(10-11-27)12-20(16)26(21)14-17-4-3-7-22(24)25-17/h1-9,12-13,27H,10-11,14H2,(H2,24,25). The maximum atomic E-state index is 9.30. The quantitative estimate of drug-likeness (QED) is 0.537. The molecule has 0 atom stereocenters. The van der Waals surface area contributed by atoms with Gasteiger partial charge in [0.25, 0.3) is 0 Å². The Hall–Kier alpha value is -2.82. The Morgan fingerprint density at radius 3 is 2.63 bits per heavy atom. The van der Waals surface area contributed by atoms with Crippen molar-refractivity contribution in [2.75, 3.05) is 12.3 Å². The van der Waals surface area contributed by atoms with Gasteiger partial charge in [-0.05, 0) is 42.3 Å². The Bertz CT molecular complexity index is 1100. The molecule has 2 aromatic heterocycles. The van der Waals surface area contributed by atoms with Crippen LogP contribution in [0.15, 0.2) is 66.7 Å². The molecular weight excluding hydrogens is 358 g/mol. The van der Waals surface area contributed by atoms with E-state index < -0.39 is 0 Å². The van der Waals surface area contributed by atoms with Gasteiger partial charge in [0.15, 0.2) is 0 Å². The van der Waals surface area contributed by atoms with Crippen LogP contribution >= 0.6 is 11.6 Å². The number of nitrogens with zero attached hydrogens (tertiary/aromatic N) is 2. The molecule has 3 N–H and O–H groups in total. The van der Waals surface area contributed by atoms with Crippen molar-refractivity contribution in [2.45, 2.75) is 13.0 Å². The number of hydrogen-bond donors (Lipinski definition) is 2. The number of halogens is 1. The highest BCUT2D eigenvalue weighted by Crippen LogP contribution is 2.33. The topological polar surface area (TPSA) is 64.1 Å². The first kappa shape index (κ1) is 17.6. The SMILES string of the molecule is Nc1cccc(Cn2c(-c3ccccc3Cl)cc3ccc(CCO)cc32)n1. The van der Waals surface area contributed by atoms with Crippen LogP contribution in [0.2, 0.25) is 5.02 Å². The lowest BCUT2D eigenvalue weighted by Gasteiger charge is -2.13. The summed E-state index contributed by atoms with van der Waals surface area (Å²) < 4.78 is 2.21. The third-order valence-corrected chi connectivity index (χ3v) is 5.00. The van der Waals surface area contributed by atoms with E-state index in [1.54, 1.807) is 6.07 Å². The van der Waals surface area contributed by atoms with Crippen molar-refractivity contribution in [2.24, 2.45) is 0 Å². The molecule has 0 saturated heterocycles. The Kier molecular flexibility index (Phi) is 4.84. The molecule has 0 radical (unpaired) electrons. The van der Waals surface area contributed by atoms with Gasteiger partial charge in [0.1, 0.15) is 5.82 Å². The van der Waals surface area contributed by atoms with Gasteiger partial charge in [-0.2, -0.15) is 0 Å². The molecular formula is C22H20ClN3O. The third kappa shape index (κ3) is 3.54. The minimum absolute atomic E-state index is 0.125. The van der Waals surface area contributed by atoms with E-state index in [2.05, 4.69) is 33.8 Å². The molecule has 4 aromatic rings. The van der Waals surface area contributed by atoms with Crippen LogP contribution in [0.25, 0.3) is 22.2 Å². The number of fused-ring (bicyclic) bond motifs is 1. The minimum atomic E-state index is 0.125. The molecule has 2 heterocycles. The predicted molar refractivity (Wildman–Crippen MR) is 111 cm³/mol. The molecule has 0 aliphatic rings. The Balaban J connectivity index is 1.92. The van der Waals surface area contributed by atoms with Crippen LogP contribution < -0.4 is 5.73 Å². The first-order valence-electron chi connectivity index (χ1n) is 8.85. The van der Waals surface area contributed by atoms with Gasteiger partial charge in [-0.3, -0.25) is 0 Å². The lowest BCUT2D eigenvalue weighted by Crippen LogP contribution is -2.05. The Morgan fingerprint density at radius 1 is 1.00 bits per heavy atom. The zero-order chi connectivity index (χ0) is 18.8. The van der Waals surface area contributed by atoms with E-state index in [0.29, 0.717) is 23.8 Å². The van der Waals surface area contributed by atoms with Gasteiger partial charge >= 0.3 is 0 Å². The van der Waals surface area contributed by atoms with Crippen LogP contribution in [-0.2, 0) is 13.0 Å². The van der Waals surface area contributed by atoms with Crippen molar-refractivity contribution in [1.29, 1.82) is 0 Å². The number of nitrogen functional groups attached to an aromatic ring is 1. The molecule has 0 fully saturated rings. The Labute approximate surface area is 162 Å². The summed E-state index contributed by atoms with van der Waals surface area (Å²) in [5.41, 5.74) is 10.9. The zero-order valence-corrected chi connectivity index (χ0v) is 15.5. The second-order valence-corrected chi connectivity index (χ2v) is 6.92. The van der Waals surface area contributed by atoms with Crippen LogP contribution in [0.3, 0.4) is 0 Å². The number of aliphatic hydroxyl groups excluding tert-OH is 1. The molecule has 0 aliphatic carbocycles. The maximum Gasteiger partial charge on any atom is 0.123 e. The summed E-state index contributed by atoms with van der Waals surface area (Å²) in [4.78, 5) is 4.45. The number of nitrogens with two attached hydrogens (primary N) is 1. The second-order valence-electron chi connectivity index (χ2n) is 6.52. The smallest absolute Gasteiger partial charge is 0.123 e. The van der Waals surface area contributed by atoms with Gasteiger partial charge in [-0.1, -0.05) is 48.0 Å². The lowest BCUT2D eigenvalue weighted by molar-refractivity contribution is 0.299. The number of hydrogen-bond acceptors (Lipinski definition) is 3. The molecule has 0 aliphatic heterocycles. The molecule has 0 amide bonds. The number of aliphatic hydroxyl groups is 1. The molecule has 136 valence electrons. The van der Waals surface area contributed by atoms with Gasteiger partial charge in [-0.25, -0.2) is 4.98 Å². The van der Waals surface area contributed by atoms with Crippen molar-refractivity contribution in [3.05, 3.63) is 83.0 Å². The first-order chi connectivity index (χ1) is 13.2. The van der Waals surface area contributed by atoms with E-state index in [9.17, 15) is 5.11 Å². The molecule has 27 heavy (non-hydrogen) atoms. The summed E-state index contributed by atoms with van der Waals surface area (Å²) >= 11 is 6.49. The van der Waals surface area contributed by atoms with Crippen molar-refractivity contribution in [3.63, 3.8) is 0 Å². The van der Waals surface area contributed by atoms with E-state index in [-0.39, 0.29) is 6.61 Å². The van der Waals surface area contributed by atoms with Crippen LogP contribution in [0.4, 0.5) is 5.82 Å². The molecule has 2 aromatic carbocycles. The fourth-order valence-corrected chi connectivity index (χ4v) is 3.63. The molecule has 4 rings (SSSR count). The first-order valence-corrected chi connectivity index (χ1v) is 9.23. The van der Waals surface area contributed by atoms with E-state index >= 15 is 0 Å². The predicted octanol–water partition coefficient (Wildman–Crippen LogP) is 4.52. The fourth-order valence-electron chi connectivity index (χ4n) is 3.40. The summed E-state index contributed by atoms with van der Waals surface area (Å²) in [7, 11) is 0. The minimum Gasteiger partial charge on any atom is -0.396 e. The van der Waals surface area contributed by atoms with Crippen molar-refractivity contribution < 1.29 is 5.11 Å². The van der Waals surface area contributed by atoms with E-state index in [1.807, 2.05) is 36.4 Å². The number of pyridine rings is 1. The zero-order valence-electron chi connectivity index (χ0n) is 14.8. The molecule has 0 saturated carbocycles. The normalized spacial score (nSPS) is 11.2. The summed E-state index contributed by atoms with van der Waals surface area (Å²) in [6, 6.07) is 21.9. The lowest BCUT2D eigenvalue weighted by atomic mass is 10.1. The van der Waals surface area contributed by atoms with Gasteiger partial charge in [0.2, 0.25) is 0 Å². The summed E-state index contributed by atoms with van der Waals surface area (Å²) in [6.45, 7) is 0.706. The number of anilines is 1. The largest absolute Gasteiger partial charge is 0.396 e. The molecule has 0 bridgehead atoms. The van der Waals surface area contributed by atoms with Crippen LogP contribution in [0.5, 0.6) is 0 Å². The highest BCUT2D eigenvalue weighted by molar-refractivity contribution is 6.33. The monoisotopic (exact) mass is 377 g/mol. The highest BCUT2D eigenvalue weighted by atomic mass is 35.5. The van der Waals surface area contributed by atoms with Gasteiger partial charge in [0.05, 0.1) is 17.9 Å². The average Bonchev–Trinajstić information content (AvgIpc) is 3.00. The van der Waals surface area contributed by atoms with Crippen molar-refractivity contribution in [1.82, 2.24) is 9.55 Å². The molecule has 0 spiro atoms. The number of rotatable bonds is 5. The van der Waals surface area contributed by atoms with Gasteiger partial charge < -0.3 is 15.4 Å². The van der Waals surface area contributed by atoms with Crippen LogP contribution in [-0.4, -0.2) is 21.3 Å². The van der Waals surface area contributed by atoms with E-state index in [4.69, 9.17) is 17.3 Å².